The zero-order valence-corrected chi connectivity index (χ0v) is 19.3. The summed E-state index contributed by atoms with van der Waals surface area (Å²) in [4.78, 5) is 23.3. The summed E-state index contributed by atoms with van der Waals surface area (Å²) in [5.74, 6) is -0.434. The van der Waals surface area contributed by atoms with E-state index in [0.29, 0.717) is 5.69 Å². The first-order chi connectivity index (χ1) is 15.6. The second-order valence-electron chi connectivity index (χ2n) is 7.97. The highest BCUT2D eigenvalue weighted by molar-refractivity contribution is 7.92. The van der Waals surface area contributed by atoms with E-state index in [1.165, 1.54) is 31.2 Å². The first kappa shape index (κ1) is 24.3. The van der Waals surface area contributed by atoms with E-state index in [4.69, 9.17) is 9.47 Å². The van der Waals surface area contributed by atoms with Gasteiger partial charge in [-0.25, -0.2) is 17.6 Å². The summed E-state index contributed by atoms with van der Waals surface area (Å²) in [6.45, 7) is 5.37. The highest BCUT2D eigenvalue weighted by Crippen LogP contribution is 2.39. The smallest absolute Gasteiger partial charge is 0.411 e. The van der Waals surface area contributed by atoms with Crippen LogP contribution >= 0.6 is 0 Å². The van der Waals surface area contributed by atoms with Crippen LogP contribution in [0.3, 0.4) is 0 Å². The number of amides is 2. The molecule has 0 spiro atoms. The van der Waals surface area contributed by atoms with Crippen molar-refractivity contribution >= 4 is 33.4 Å². The van der Waals surface area contributed by atoms with Gasteiger partial charge >= 0.3 is 6.09 Å². The normalized spacial score (nSPS) is 15.4. The van der Waals surface area contributed by atoms with Crippen molar-refractivity contribution in [3.63, 3.8) is 0 Å². The molecule has 1 aliphatic rings. The molecule has 2 aromatic carbocycles. The highest BCUT2D eigenvalue weighted by Gasteiger charge is 2.35. The van der Waals surface area contributed by atoms with Crippen LogP contribution in [0.15, 0.2) is 47.4 Å². The van der Waals surface area contributed by atoms with Gasteiger partial charge < -0.3 is 14.8 Å². The lowest BCUT2D eigenvalue weighted by atomic mass is 10.2. The molecule has 0 fully saturated rings. The molecule has 0 saturated carbocycles. The molecule has 3 rings (SSSR count). The molecular weight excluding hydrogens is 453 g/mol. The Balaban J connectivity index is 1.94. The van der Waals surface area contributed by atoms with E-state index in [1.54, 1.807) is 6.07 Å². The molecule has 178 valence electrons. The molecule has 0 saturated heterocycles. The molecule has 1 aliphatic heterocycles. The molecule has 1 unspecified atom stereocenters. The van der Waals surface area contributed by atoms with Gasteiger partial charge in [0.1, 0.15) is 17.7 Å². The summed E-state index contributed by atoms with van der Waals surface area (Å²) in [6.07, 6.45) is -1.33. The van der Waals surface area contributed by atoms with Crippen LogP contribution in [0.25, 0.3) is 0 Å². The summed E-state index contributed by atoms with van der Waals surface area (Å²) in [5.41, 5.74) is 0.505. The molecule has 11 heteroatoms. The number of ether oxygens (including phenoxy) is 2. The quantitative estimate of drug-likeness (QED) is 0.631. The van der Waals surface area contributed by atoms with Crippen LogP contribution in [0.5, 0.6) is 5.75 Å². The van der Waals surface area contributed by atoms with E-state index in [9.17, 15) is 22.4 Å². The predicted octanol–water partition coefficient (Wildman–Crippen LogP) is 3.12. The molecule has 2 aromatic rings. The number of carbonyl (C=O) groups is 2. The summed E-state index contributed by atoms with van der Waals surface area (Å²) in [5, 5.41) is 5.19. The summed E-state index contributed by atoms with van der Waals surface area (Å²) < 4.78 is 52.3. The Hall–Kier alpha value is -3.34. The van der Waals surface area contributed by atoms with Crippen molar-refractivity contribution in [2.75, 3.05) is 29.3 Å². The molecule has 2 amide bonds. The van der Waals surface area contributed by atoms with Crippen LogP contribution in [0.1, 0.15) is 20.8 Å². The maximum atomic E-state index is 13.4. The van der Waals surface area contributed by atoms with Crippen molar-refractivity contribution in [3.05, 3.63) is 48.3 Å². The van der Waals surface area contributed by atoms with Gasteiger partial charge in [0.25, 0.3) is 10.0 Å². The highest BCUT2D eigenvalue weighted by atomic mass is 32.2. The standard InChI is InChI=1S/C22H26FN3O6S/c1-14(2)13-31-22(28)25-17-6-9-21-20(10-17)26(12-18(32-21)11-24-15(3)27)33(29,30)19-7-4-16(23)5-8-19/h4-10,14,18H,11-13H2,1-3H3,(H,24,27)(H,25,28). The lowest BCUT2D eigenvalue weighted by Gasteiger charge is -2.35. The third kappa shape index (κ3) is 6.13. The third-order valence-corrected chi connectivity index (χ3v) is 6.46. The molecule has 1 atom stereocenters. The van der Waals surface area contributed by atoms with E-state index < -0.39 is 28.0 Å². The Morgan fingerprint density at radius 3 is 2.55 bits per heavy atom. The minimum Gasteiger partial charge on any atom is -0.484 e. The van der Waals surface area contributed by atoms with Crippen LogP contribution in [0, 0.1) is 11.7 Å². The fourth-order valence-corrected chi connectivity index (χ4v) is 4.61. The minimum atomic E-state index is -4.10. The van der Waals surface area contributed by atoms with Crippen molar-refractivity contribution in [1.29, 1.82) is 0 Å². The number of hydrogen-bond acceptors (Lipinski definition) is 6. The number of fused-ring (bicyclic) bond motifs is 1. The first-order valence-electron chi connectivity index (χ1n) is 10.3. The molecule has 1 heterocycles. The number of anilines is 2. The lowest BCUT2D eigenvalue weighted by molar-refractivity contribution is -0.119. The molecule has 0 aromatic heterocycles. The number of nitrogens with one attached hydrogen (secondary N) is 2. The van der Waals surface area contributed by atoms with Gasteiger partial charge in [-0.15, -0.1) is 0 Å². The van der Waals surface area contributed by atoms with Crippen molar-refractivity contribution in [2.24, 2.45) is 5.92 Å². The number of rotatable bonds is 7. The maximum absolute atomic E-state index is 13.4. The molecule has 33 heavy (non-hydrogen) atoms. The van der Waals surface area contributed by atoms with Gasteiger partial charge in [0.15, 0.2) is 0 Å². The fraction of sp³-hybridized carbons (Fsp3) is 0.364. The largest absolute Gasteiger partial charge is 0.484 e. The molecule has 0 bridgehead atoms. The number of benzene rings is 2. The first-order valence-corrected chi connectivity index (χ1v) is 11.8. The van der Waals surface area contributed by atoms with Crippen LogP contribution in [0.2, 0.25) is 0 Å². The summed E-state index contributed by atoms with van der Waals surface area (Å²) in [7, 11) is -4.10. The minimum absolute atomic E-state index is 0.0890. The number of halogens is 1. The zero-order chi connectivity index (χ0) is 24.2. The number of hydrogen-bond donors (Lipinski definition) is 2. The van der Waals surface area contributed by atoms with Crippen molar-refractivity contribution in [2.45, 2.75) is 31.8 Å². The van der Waals surface area contributed by atoms with Gasteiger partial charge in [-0.3, -0.25) is 14.4 Å². The van der Waals surface area contributed by atoms with Crippen LogP contribution in [-0.2, 0) is 19.6 Å². The van der Waals surface area contributed by atoms with Gasteiger partial charge in [-0.05, 0) is 48.4 Å². The molecule has 0 aliphatic carbocycles. The van der Waals surface area contributed by atoms with Gasteiger partial charge in [-0.1, -0.05) is 13.8 Å². The van der Waals surface area contributed by atoms with Gasteiger partial charge in [0.2, 0.25) is 5.91 Å². The van der Waals surface area contributed by atoms with E-state index in [1.807, 2.05) is 13.8 Å². The van der Waals surface area contributed by atoms with Crippen LogP contribution in [-0.4, -0.2) is 46.2 Å². The summed E-state index contributed by atoms with van der Waals surface area (Å²) >= 11 is 0. The third-order valence-electron chi connectivity index (χ3n) is 4.67. The lowest BCUT2D eigenvalue weighted by Crippen LogP contribution is -2.48. The second kappa shape index (κ2) is 10.1. The van der Waals surface area contributed by atoms with Gasteiger partial charge in [0, 0.05) is 12.6 Å². The number of carbonyl (C=O) groups excluding carboxylic acids is 2. The van der Waals surface area contributed by atoms with E-state index >= 15 is 0 Å². The van der Waals surface area contributed by atoms with Crippen molar-refractivity contribution in [3.8, 4) is 5.75 Å². The van der Waals surface area contributed by atoms with Crippen molar-refractivity contribution in [1.82, 2.24) is 5.32 Å². The van der Waals surface area contributed by atoms with E-state index in [0.717, 1.165) is 16.4 Å². The Kier molecular flexibility index (Phi) is 7.42. The molecule has 9 nitrogen and oxygen atoms in total. The van der Waals surface area contributed by atoms with Crippen molar-refractivity contribution < 1.29 is 31.9 Å². The predicted molar refractivity (Wildman–Crippen MR) is 120 cm³/mol. The average Bonchev–Trinajstić information content (AvgIpc) is 2.76. The SMILES string of the molecule is CC(=O)NCC1CN(S(=O)(=O)c2ccc(F)cc2)c2cc(NC(=O)OCC(C)C)ccc2O1. The average molecular weight is 480 g/mol. The Morgan fingerprint density at radius 1 is 1.21 bits per heavy atom. The van der Waals surface area contributed by atoms with Gasteiger partial charge in [-0.2, -0.15) is 0 Å². The fourth-order valence-electron chi connectivity index (χ4n) is 3.11. The Bertz CT molecular complexity index is 1120. The van der Waals surface area contributed by atoms with Crippen LogP contribution in [0.4, 0.5) is 20.6 Å². The number of sulfonamides is 1. The Morgan fingerprint density at radius 2 is 1.91 bits per heavy atom. The monoisotopic (exact) mass is 479 g/mol. The number of nitrogens with zero attached hydrogens (tertiary/aromatic N) is 1. The summed E-state index contributed by atoms with van der Waals surface area (Å²) in [6, 6.07) is 9.01. The second-order valence-corrected chi connectivity index (χ2v) is 9.83. The topological polar surface area (TPSA) is 114 Å². The molecular formula is C22H26FN3O6S. The van der Waals surface area contributed by atoms with E-state index in [-0.39, 0.29) is 47.9 Å². The van der Waals surface area contributed by atoms with Gasteiger partial charge in [0.05, 0.1) is 30.3 Å². The zero-order valence-electron chi connectivity index (χ0n) is 18.5. The maximum Gasteiger partial charge on any atom is 0.411 e. The molecule has 0 radical (unpaired) electrons. The van der Waals surface area contributed by atoms with Crippen LogP contribution < -0.4 is 19.7 Å². The molecule has 2 N–H and O–H groups in total. The van der Waals surface area contributed by atoms with E-state index in [2.05, 4.69) is 10.6 Å². The Labute approximate surface area is 191 Å².